The third kappa shape index (κ3) is 4.63. The molecule has 0 bridgehead atoms. The molecular formula is C11H16BrNO2S. The van der Waals surface area contributed by atoms with Crippen molar-refractivity contribution in [2.24, 2.45) is 0 Å². The smallest absolute Gasteiger partial charge is 0.222 e. The number of thiophene rings is 1. The first-order valence-corrected chi connectivity index (χ1v) is 6.76. The molecule has 5 heteroatoms. The molecule has 0 unspecified atom stereocenters. The molecule has 0 aliphatic carbocycles. The van der Waals surface area contributed by atoms with Gasteiger partial charge in [0.05, 0.1) is 3.79 Å². The van der Waals surface area contributed by atoms with E-state index in [-0.39, 0.29) is 5.91 Å². The number of carbonyl (C=O) groups excluding carboxylic acids is 1. The summed E-state index contributed by atoms with van der Waals surface area (Å²) in [5.41, 5.74) is 1.17. The summed E-state index contributed by atoms with van der Waals surface area (Å²) >= 11 is 5.05. The van der Waals surface area contributed by atoms with Gasteiger partial charge >= 0.3 is 0 Å². The number of amides is 1. The van der Waals surface area contributed by atoms with Gasteiger partial charge in [0.1, 0.15) is 0 Å². The molecule has 1 rings (SSSR count). The lowest BCUT2D eigenvalue weighted by Gasteiger charge is -2.16. The number of rotatable bonds is 6. The van der Waals surface area contributed by atoms with Crippen LogP contribution in [0.5, 0.6) is 0 Å². The van der Waals surface area contributed by atoms with Gasteiger partial charge in [0.2, 0.25) is 5.91 Å². The second-order valence-electron chi connectivity index (χ2n) is 3.61. The lowest BCUT2D eigenvalue weighted by Crippen LogP contribution is -2.25. The molecule has 1 heterocycles. The van der Waals surface area contributed by atoms with Gasteiger partial charge in [0, 0.05) is 33.7 Å². The largest absolute Gasteiger partial charge is 0.385 e. The summed E-state index contributed by atoms with van der Waals surface area (Å²) in [5.74, 6) is 0.166. The van der Waals surface area contributed by atoms with E-state index in [9.17, 15) is 4.79 Å². The van der Waals surface area contributed by atoms with Crippen LogP contribution in [0.25, 0.3) is 0 Å². The maximum Gasteiger partial charge on any atom is 0.222 e. The number of methoxy groups -OCH3 is 1. The lowest BCUT2D eigenvalue weighted by molar-refractivity contribution is -0.130. The summed E-state index contributed by atoms with van der Waals surface area (Å²) in [5, 5.41) is 2.06. The number of hydrogen-bond donors (Lipinski definition) is 0. The van der Waals surface area contributed by atoms with Crippen LogP contribution in [0.15, 0.2) is 15.2 Å². The van der Waals surface area contributed by atoms with Crippen LogP contribution in [0.4, 0.5) is 0 Å². The first-order chi connectivity index (χ1) is 7.63. The van der Waals surface area contributed by atoms with Gasteiger partial charge in [0.25, 0.3) is 0 Å². The zero-order chi connectivity index (χ0) is 12.0. The number of ether oxygens (including phenoxy) is 1. The van der Waals surface area contributed by atoms with Crippen molar-refractivity contribution in [1.82, 2.24) is 4.90 Å². The fourth-order valence-electron chi connectivity index (χ4n) is 1.35. The molecule has 0 aromatic carbocycles. The van der Waals surface area contributed by atoms with E-state index in [0.29, 0.717) is 19.6 Å². The lowest BCUT2D eigenvalue weighted by atomic mass is 10.2. The van der Waals surface area contributed by atoms with Crippen molar-refractivity contribution in [1.29, 1.82) is 0 Å². The van der Waals surface area contributed by atoms with E-state index in [0.717, 1.165) is 10.2 Å². The molecule has 1 aromatic rings. The monoisotopic (exact) mass is 305 g/mol. The number of hydrogen-bond acceptors (Lipinski definition) is 3. The zero-order valence-electron chi connectivity index (χ0n) is 9.53. The zero-order valence-corrected chi connectivity index (χ0v) is 11.9. The molecular weight excluding hydrogens is 290 g/mol. The van der Waals surface area contributed by atoms with E-state index in [1.807, 2.05) is 13.1 Å². The third-order valence-electron chi connectivity index (χ3n) is 2.21. The van der Waals surface area contributed by atoms with Gasteiger partial charge in [-0.05, 0) is 39.4 Å². The molecule has 0 aliphatic rings. The van der Waals surface area contributed by atoms with Crippen LogP contribution in [0, 0.1) is 0 Å². The van der Waals surface area contributed by atoms with E-state index < -0.39 is 0 Å². The minimum Gasteiger partial charge on any atom is -0.385 e. The quantitative estimate of drug-likeness (QED) is 0.756. The summed E-state index contributed by atoms with van der Waals surface area (Å²) in [6.07, 6.45) is 1.34. The molecule has 3 nitrogen and oxygen atoms in total. The van der Waals surface area contributed by atoms with Crippen LogP contribution < -0.4 is 0 Å². The standard InChI is InChI=1S/C11H16BrNO2S/c1-13(11(14)4-3-5-15-2)7-9-6-10(12)16-8-9/h6,8H,3-5,7H2,1-2H3. The molecule has 0 spiro atoms. The van der Waals surface area contributed by atoms with Crippen LogP contribution in [0.3, 0.4) is 0 Å². The summed E-state index contributed by atoms with van der Waals surface area (Å²) in [7, 11) is 3.48. The Kier molecular flexibility index (Phi) is 6.01. The molecule has 1 amide bonds. The Balaban J connectivity index is 2.34. The topological polar surface area (TPSA) is 29.5 Å². The Bertz CT molecular complexity index is 340. The van der Waals surface area contributed by atoms with Gasteiger partial charge in [-0.1, -0.05) is 0 Å². The second-order valence-corrected chi connectivity index (χ2v) is 5.90. The van der Waals surface area contributed by atoms with Gasteiger partial charge in [0.15, 0.2) is 0 Å². The molecule has 0 radical (unpaired) electrons. The summed E-state index contributed by atoms with van der Waals surface area (Å²) < 4.78 is 6.02. The van der Waals surface area contributed by atoms with Crippen molar-refractivity contribution in [3.8, 4) is 0 Å². The summed E-state index contributed by atoms with van der Waals surface area (Å²) in [6.45, 7) is 1.32. The van der Waals surface area contributed by atoms with E-state index in [1.165, 1.54) is 5.56 Å². The molecule has 0 fully saturated rings. The van der Waals surface area contributed by atoms with Crippen LogP contribution in [-0.4, -0.2) is 31.6 Å². The van der Waals surface area contributed by atoms with Crippen molar-refractivity contribution in [2.45, 2.75) is 19.4 Å². The highest BCUT2D eigenvalue weighted by molar-refractivity contribution is 9.11. The first kappa shape index (κ1) is 13.7. The fourth-order valence-corrected chi connectivity index (χ4v) is 2.55. The van der Waals surface area contributed by atoms with Gasteiger partial charge in [-0.25, -0.2) is 0 Å². The average molecular weight is 306 g/mol. The van der Waals surface area contributed by atoms with Crippen molar-refractivity contribution in [3.63, 3.8) is 0 Å². The molecule has 0 aliphatic heterocycles. The second kappa shape index (κ2) is 7.04. The maximum atomic E-state index is 11.7. The first-order valence-electron chi connectivity index (χ1n) is 5.09. The van der Waals surface area contributed by atoms with Gasteiger partial charge < -0.3 is 9.64 Å². The Hall–Kier alpha value is -0.390. The maximum absolute atomic E-state index is 11.7. The van der Waals surface area contributed by atoms with Crippen molar-refractivity contribution < 1.29 is 9.53 Å². The number of halogens is 1. The Labute approximate surface area is 109 Å². The number of carbonyl (C=O) groups is 1. The predicted molar refractivity (Wildman–Crippen MR) is 69.6 cm³/mol. The van der Waals surface area contributed by atoms with Crippen LogP contribution in [0.2, 0.25) is 0 Å². The van der Waals surface area contributed by atoms with Crippen LogP contribution in [0.1, 0.15) is 18.4 Å². The van der Waals surface area contributed by atoms with Crippen LogP contribution >= 0.6 is 27.3 Å². The van der Waals surface area contributed by atoms with E-state index in [1.54, 1.807) is 23.3 Å². The number of nitrogens with zero attached hydrogens (tertiary/aromatic N) is 1. The molecule has 16 heavy (non-hydrogen) atoms. The highest BCUT2D eigenvalue weighted by atomic mass is 79.9. The molecule has 0 saturated carbocycles. The van der Waals surface area contributed by atoms with Crippen LogP contribution in [-0.2, 0) is 16.1 Å². The molecule has 1 aromatic heterocycles. The molecule has 0 atom stereocenters. The summed E-state index contributed by atoms with van der Waals surface area (Å²) in [4.78, 5) is 13.4. The van der Waals surface area contributed by atoms with Gasteiger partial charge in [-0.3, -0.25) is 4.79 Å². The van der Waals surface area contributed by atoms with Gasteiger partial charge in [-0.2, -0.15) is 0 Å². The minimum absolute atomic E-state index is 0.166. The average Bonchev–Trinajstić information content (AvgIpc) is 2.64. The van der Waals surface area contributed by atoms with E-state index in [4.69, 9.17) is 4.74 Å². The molecule has 0 N–H and O–H groups in total. The van der Waals surface area contributed by atoms with E-state index in [2.05, 4.69) is 21.3 Å². The fraction of sp³-hybridized carbons (Fsp3) is 0.545. The SMILES string of the molecule is COCCCC(=O)N(C)Cc1csc(Br)c1. The van der Waals surface area contributed by atoms with E-state index >= 15 is 0 Å². The Morgan fingerprint density at radius 1 is 1.62 bits per heavy atom. The summed E-state index contributed by atoms with van der Waals surface area (Å²) in [6, 6.07) is 2.05. The normalized spacial score (nSPS) is 10.4. The highest BCUT2D eigenvalue weighted by Crippen LogP contribution is 2.21. The van der Waals surface area contributed by atoms with Crippen molar-refractivity contribution in [2.75, 3.05) is 20.8 Å². The van der Waals surface area contributed by atoms with Gasteiger partial charge in [-0.15, -0.1) is 11.3 Å². The van der Waals surface area contributed by atoms with Crippen molar-refractivity contribution >= 4 is 33.2 Å². The highest BCUT2D eigenvalue weighted by Gasteiger charge is 2.09. The predicted octanol–water partition coefficient (Wildman–Crippen LogP) is 2.90. The van der Waals surface area contributed by atoms with Crippen molar-refractivity contribution in [3.05, 3.63) is 20.8 Å². The Morgan fingerprint density at radius 2 is 2.38 bits per heavy atom. The minimum atomic E-state index is 0.166. The Morgan fingerprint density at radius 3 is 2.94 bits per heavy atom. The molecule has 0 saturated heterocycles. The molecule has 90 valence electrons. The third-order valence-corrected chi connectivity index (χ3v) is 3.76.